The predicted molar refractivity (Wildman–Crippen MR) is 128 cm³/mol. The fourth-order valence-electron chi connectivity index (χ4n) is 4.61. The summed E-state index contributed by atoms with van der Waals surface area (Å²) in [5.74, 6) is 1.89. The van der Waals surface area contributed by atoms with E-state index in [9.17, 15) is 0 Å². The summed E-state index contributed by atoms with van der Waals surface area (Å²) in [6, 6.07) is 16.6. The molecule has 4 aromatic rings. The van der Waals surface area contributed by atoms with Crippen LogP contribution in [0.5, 0.6) is 17.2 Å². The summed E-state index contributed by atoms with van der Waals surface area (Å²) in [6.45, 7) is 0. The zero-order valence-corrected chi connectivity index (χ0v) is 19.0. The van der Waals surface area contributed by atoms with Crippen molar-refractivity contribution in [2.24, 2.45) is 0 Å². The molecule has 2 aromatic heterocycles. The lowest BCUT2D eigenvalue weighted by molar-refractivity contribution is 0.319. The molecule has 1 aliphatic rings. The fraction of sp³-hybridized carbons (Fsp3) is 0.192. The Morgan fingerprint density at radius 1 is 0.938 bits per heavy atom. The van der Waals surface area contributed by atoms with Crippen molar-refractivity contribution in [3.05, 3.63) is 87.8 Å². The van der Waals surface area contributed by atoms with Crippen LogP contribution in [-0.2, 0) is 11.8 Å². The topological polar surface area (TPSA) is 56.4 Å². The Labute approximate surface area is 191 Å². The predicted octanol–water partition coefficient (Wildman–Crippen LogP) is 5.72. The molecule has 0 saturated heterocycles. The Morgan fingerprint density at radius 2 is 1.75 bits per heavy atom. The standard InChI is InChI=1S/C26H24N2O3S/c1-29-22-10-9-20(24(30-2)25(22)31-3)26(18-7-5-4-6-8-18)13-11-19-21(15-26)27-28-23(19)17-12-14-32-16-17/h4-14,16H,15H2,1-3H3,(H,27,28). The Balaban J connectivity index is 1.73. The number of hydrogen-bond donors (Lipinski definition) is 1. The van der Waals surface area contributed by atoms with E-state index in [1.54, 1.807) is 32.7 Å². The van der Waals surface area contributed by atoms with Crippen LogP contribution in [0.25, 0.3) is 17.3 Å². The van der Waals surface area contributed by atoms with Crippen LogP contribution in [0.1, 0.15) is 22.4 Å². The molecule has 0 bridgehead atoms. The summed E-state index contributed by atoms with van der Waals surface area (Å²) in [5, 5.41) is 12.2. The second-order valence-corrected chi connectivity index (χ2v) is 8.49. The highest BCUT2D eigenvalue weighted by atomic mass is 32.1. The minimum absolute atomic E-state index is 0.461. The summed E-state index contributed by atoms with van der Waals surface area (Å²) in [6.07, 6.45) is 5.16. The molecule has 32 heavy (non-hydrogen) atoms. The van der Waals surface area contributed by atoms with Crippen LogP contribution < -0.4 is 14.2 Å². The molecule has 6 heteroatoms. The molecular formula is C26H24N2O3S. The Kier molecular flexibility index (Phi) is 5.23. The van der Waals surface area contributed by atoms with E-state index in [-0.39, 0.29) is 0 Å². The van der Waals surface area contributed by atoms with Crippen molar-refractivity contribution in [1.29, 1.82) is 0 Å². The van der Waals surface area contributed by atoms with Crippen LogP contribution in [-0.4, -0.2) is 31.5 Å². The van der Waals surface area contributed by atoms with Gasteiger partial charge in [0.15, 0.2) is 11.5 Å². The maximum Gasteiger partial charge on any atom is 0.203 e. The molecule has 2 heterocycles. The zero-order chi connectivity index (χ0) is 22.1. The lowest BCUT2D eigenvalue weighted by atomic mass is 9.68. The van der Waals surface area contributed by atoms with Gasteiger partial charge in [-0.3, -0.25) is 5.10 Å². The molecule has 0 saturated carbocycles. The van der Waals surface area contributed by atoms with Gasteiger partial charge in [0.2, 0.25) is 5.75 Å². The first-order chi connectivity index (χ1) is 15.7. The number of aromatic nitrogens is 2. The molecular weight excluding hydrogens is 420 g/mol. The van der Waals surface area contributed by atoms with Crippen LogP contribution in [0, 0.1) is 0 Å². The molecule has 1 aliphatic carbocycles. The lowest BCUT2D eigenvalue weighted by Crippen LogP contribution is -2.31. The van der Waals surface area contributed by atoms with Crippen molar-refractivity contribution in [3.8, 4) is 28.5 Å². The van der Waals surface area contributed by atoms with Crippen LogP contribution in [0.3, 0.4) is 0 Å². The maximum atomic E-state index is 5.90. The third-order valence-electron chi connectivity index (χ3n) is 6.14. The van der Waals surface area contributed by atoms with Gasteiger partial charge in [0.25, 0.3) is 0 Å². The number of hydrogen-bond acceptors (Lipinski definition) is 5. The van der Waals surface area contributed by atoms with Crippen molar-refractivity contribution >= 4 is 17.4 Å². The Bertz CT molecular complexity index is 1260. The molecule has 0 spiro atoms. The summed E-state index contributed by atoms with van der Waals surface area (Å²) in [5.41, 5.74) is 6.06. The Morgan fingerprint density at radius 3 is 2.44 bits per heavy atom. The normalized spacial score (nSPS) is 17.1. The van der Waals surface area contributed by atoms with Crippen LogP contribution in [0.4, 0.5) is 0 Å². The largest absolute Gasteiger partial charge is 0.493 e. The number of benzene rings is 2. The molecule has 1 unspecified atom stereocenters. The third-order valence-corrected chi connectivity index (χ3v) is 6.82. The molecule has 0 radical (unpaired) electrons. The highest BCUT2D eigenvalue weighted by Crippen LogP contribution is 2.50. The van der Waals surface area contributed by atoms with Gasteiger partial charge in [-0.05, 0) is 23.1 Å². The van der Waals surface area contributed by atoms with E-state index in [0.717, 1.165) is 28.1 Å². The second-order valence-electron chi connectivity index (χ2n) is 7.71. The van der Waals surface area contributed by atoms with E-state index >= 15 is 0 Å². The Hall–Kier alpha value is -3.51. The van der Waals surface area contributed by atoms with Gasteiger partial charge in [0.05, 0.1) is 21.3 Å². The summed E-state index contributed by atoms with van der Waals surface area (Å²) >= 11 is 1.67. The first kappa shape index (κ1) is 20.4. The third kappa shape index (κ3) is 3.10. The molecule has 1 atom stereocenters. The van der Waals surface area contributed by atoms with E-state index in [1.165, 1.54) is 5.56 Å². The quantitative estimate of drug-likeness (QED) is 0.413. The highest BCUT2D eigenvalue weighted by Gasteiger charge is 2.40. The van der Waals surface area contributed by atoms with Gasteiger partial charge in [-0.1, -0.05) is 48.6 Å². The van der Waals surface area contributed by atoms with E-state index < -0.39 is 5.41 Å². The second kappa shape index (κ2) is 8.20. The van der Waals surface area contributed by atoms with E-state index in [1.807, 2.05) is 12.1 Å². The molecule has 2 aromatic carbocycles. The van der Waals surface area contributed by atoms with Gasteiger partial charge in [-0.15, -0.1) is 0 Å². The van der Waals surface area contributed by atoms with E-state index in [0.29, 0.717) is 23.7 Å². The number of nitrogens with one attached hydrogen (secondary N) is 1. The van der Waals surface area contributed by atoms with E-state index in [2.05, 4.69) is 69.5 Å². The molecule has 5 rings (SSSR count). The number of H-pyrrole nitrogens is 1. The lowest BCUT2D eigenvalue weighted by Gasteiger charge is -2.36. The SMILES string of the molecule is COc1ccc(C2(c3ccccc3)C=Cc3c(-c4ccsc4)n[nH]c3C2)c(OC)c1OC. The minimum Gasteiger partial charge on any atom is -0.493 e. The number of thiophene rings is 1. The molecule has 162 valence electrons. The number of nitrogens with zero attached hydrogens (tertiary/aromatic N) is 1. The molecule has 0 amide bonds. The van der Waals surface area contributed by atoms with Crippen molar-refractivity contribution in [3.63, 3.8) is 0 Å². The van der Waals surface area contributed by atoms with Gasteiger partial charge in [-0.25, -0.2) is 0 Å². The van der Waals surface area contributed by atoms with Crippen LogP contribution in [0.2, 0.25) is 0 Å². The fourth-order valence-corrected chi connectivity index (χ4v) is 5.25. The average molecular weight is 445 g/mol. The summed E-state index contributed by atoms with van der Waals surface area (Å²) < 4.78 is 17.1. The minimum atomic E-state index is -0.461. The summed E-state index contributed by atoms with van der Waals surface area (Å²) in [7, 11) is 4.94. The van der Waals surface area contributed by atoms with Gasteiger partial charge >= 0.3 is 0 Å². The maximum absolute atomic E-state index is 5.90. The van der Waals surface area contributed by atoms with Crippen molar-refractivity contribution < 1.29 is 14.2 Å². The molecule has 1 N–H and O–H groups in total. The van der Waals surface area contributed by atoms with Crippen LogP contribution in [0.15, 0.2) is 65.4 Å². The molecule has 5 nitrogen and oxygen atoms in total. The molecule has 0 aliphatic heterocycles. The average Bonchev–Trinajstić information content (AvgIpc) is 3.52. The monoisotopic (exact) mass is 444 g/mol. The first-order valence-corrected chi connectivity index (χ1v) is 11.3. The number of rotatable bonds is 6. The first-order valence-electron chi connectivity index (χ1n) is 10.4. The van der Waals surface area contributed by atoms with Gasteiger partial charge < -0.3 is 14.2 Å². The highest BCUT2D eigenvalue weighted by molar-refractivity contribution is 7.08. The van der Waals surface area contributed by atoms with Gasteiger partial charge in [0, 0.05) is 39.6 Å². The molecule has 0 fully saturated rings. The smallest absolute Gasteiger partial charge is 0.203 e. The number of allylic oxidation sites excluding steroid dienone is 1. The van der Waals surface area contributed by atoms with Gasteiger partial charge in [-0.2, -0.15) is 16.4 Å². The number of fused-ring (bicyclic) bond motifs is 1. The zero-order valence-electron chi connectivity index (χ0n) is 18.2. The van der Waals surface area contributed by atoms with Crippen molar-refractivity contribution in [2.45, 2.75) is 11.8 Å². The summed E-state index contributed by atoms with van der Waals surface area (Å²) in [4.78, 5) is 0. The van der Waals surface area contributed by atoms with E-state index in [4.69, 9.17) is 14.2 Å². The van der Waals surface area contributed by atoms with Crippen molar-refractivity contribution in [2.75, 3.05) is 21.3 Å². The van der Waals surface area contributed by atoms with Crippen LogP contribution >= 0.6 is 11.3 Å². The van der Waals surface area contributed by atoms with Gasteiger partial charge in [0.1, 0.15) is 5.69 Å². The number of methoxy groups -OCH3 is 3. The number of aromatic amines is 1. The number of ether oxygens (including phenoxy) is 3. The van der Waals surface area contributed by atoms with Crippen molar-refractivity contribution in [1.82, 2.24) is 10.2 Å².